The highest BCUT2D eigenvalue weighted by Crippen LogP contribution is 2.47. The van der Waals surface area contributed by atoms with Crippen molar-refractivity contribution in [2.75, 3.05) is 30.8 Å². The van der Waals surface area contributed by atoms with E-state index in [-0.39, 0.29) is 18.4 Å². The first-order valence-corrected chi connectivity index (χ1v) is 15.7. The number of nitrogens with one attached hydrogen (secondary N) is 2. The quantitative estimate of drug-likeness (QED) is 0.429. The number of hydrogen-bond acceptors (Lipinski definition) is 5. The Morgan fingerprint density at radius 3 is 2.42 bits per heavy atom. The van der Waals surface area contributed by atoms with Crippen LogP contribution in [0.1, 0.15) is 67.7 Å². The highest BCUT2D eigenvalue weighted by Gasteiger charge is 2.56. The van der Waals surface area contributed by atoms with Gasteiger partial charge in [0.1, 0.15) is 29.5 Å². The SMILES string of the molecule is CN1C[C@@](C)(c2cc(F)cc(F)c2)N(CC(=O)Nc2ccc3c(c2)C[C@@]2(C3)C(=O)Nc3ncccc32)C(=O)C12CCCCCC2. The van der Waals surface area contributed by atoms with Gasteiger partial charge in [0.25, 0.3) is 0 Å². The monoisotopic (exact) mass is 613 g/mol. The van der Waals surface area contributed by atoms with Gasteiger partial charge in [-0.25, -0.2) is 13.8 Å². The fourth-order valence-corrected chi connectivity index (χ4v) is 8.29. The number of benzene rings is 2. The number of nitrogens with zero attached hydrogens (tertiary/aromatic N) is 3. The molecule has 1 saturated carbocycles. The highest BCUT2D eigenvalue weighted by atomic mass is 19.1. The minimum atomic E-state index is -1.15. The molecule has 4 aliphatic rings. The molecule has 1 aromatic heterocycles. The van der Waals surface area contributed by atoms with Crippen LogP contribution >= 0.6 is 0 Å². The van der Waals surface area contributed by atoms with E-state index in [1.165, 1.54) is 17.0 Å². The standard InChI is InChI=1S/C35H37F2N5O3/c1-33(24-15-25(36)17-26(37)16-24)21-41(2)35(11-5-3-4-6-12-35)32(45)42(33)20-29(43)39-27-10-9-22-18-34(19-23(22)14-27)28-8-7-13-38-30(28)40-31(34)44/h7-10,13-17H,3-6,11-12,18-21H2,1-2H3,(H,39,43)(H,38,40,44)/t33-,34+/m0/s1. The third-order valence-corrected chi connectivity index (χ3v) is 10.7. The van der Waals surface area contributed by atoms with Gasteiger partial charge in [-0.05, 0) is 86.7 Å². The number of pyridine rings is 1. The summed E-state index contributed by atoms with van der Waals surface area (Å²) in [4.78, 5) is 49.3. The lowest BCUT2D eigenvalue weighted by molar-refractivity contribution is -0.166. The molecule has 2 aromatic carbocycles. The number of hydrogen-bond donors (Lipinski definition) is 2. The van der Waals surface area contributed by atoms with E-state index in [1.54, 1.807) is 13.1 Å². The van der Waals surface area contributed by atoms with Crippen LogP contribution in [-0.2, 0) is 38.2 Å². The smallest absolute Gasteiger partial charge is 0.244 e. The molecule has 2 atom stereocenters. The minimum Gasteiger partial charge on any atom is -0.325 e. The third kappa shape index (κ3) is 4.72. The second kappa shape index (κ2) is 10.7. The summed E-state index contributed by atoms with van der Waals surface area (Å²) in [6, 6.07) is 12.7. The van der Waals surface area contributed by atoms with Crippen LogP contribution in [0.3, 0.4) is 0 Å². The van der Waals surface area contributed by atoms with Crippen LogP contribution in [0.25, 0.3) is 0 Å². The molecule has 0 radical (unpaired) electrons. The van der Waals surface area contributed by atoms with Gasteiger partial charge in [0.2, 0.25) is 17.7 Å². The summed E-state index contributed by atoms with van der Waals surface area (Å²) in [6.07, 6.45) is 7.91. The molecule has 10 heteroatoms. The summed E-state index contributed by atoms with van der Waals surface area (Å²) in [6.45, 7) is 1.83. The molecule has 7 rings (SSSR count). The predicted molar refractivity (Wildman–Crippen MR) is 166 cm³/mol. The Hall–Kier alpha value is -4.18. The van der Waals surface area contributed by atoms with Crippen molar-refractivity contribution in [2.24, 2.45) is 0 Å². The van der Waals surface area contributed by atoms with E-state index in [2.05, 4.69) is 15.6 Å². The summed E-state index contributed by atoms with van der Waals surface area (Å²) in [5.41, 5.74) is 1.11. The van der Waals surface area contributed by atoms with E-state index >= 15 is 0 Å². The number of carbonyl (C=O) groups is 3. The van der Waals surface area contributed by atoms with Crippen molar-refractivity contribution in [1.29, 1.82) is 0 Å². The van der Waals surface area contributed by atoms with E-state index in [0.29, 0.717) is 49.3 Å². The van der Waals surface area contributed by atoms with E-state index in [0.717, 1.165) is 48.4 Å². The average molecular weight is 614 g/mol. The Morgan fingerprint density at radius 1 is 0.978 bits per heavy atom. The van der Waals surface area contributed by atoms with Gasteiger partial charge in [0.15, 0.2) is 0 Å². The van der Waals surface area contributed by atoms with Gasteiger partial charge < -0.3 is 15.5 Å². The Labute approximate surface area is 261 Å². The number of halogens is 2. The maximum atomic E-state index is 14.5. The Balaban J connectivity index is 1.17. The molecular weight excluding hydrogens is 576 g/mol. The zero-order valence-electron chi connectivity index (χ0n) is 25.6. The number of aromatic nitrogens is 1. The molecule has 45 heavy (non-hydrogen) atoms. The second-order valence-corrected chi connectivity index (χ2v) is 13.4. The molecule has 2 fully saturated rings. The third-order valence-electron chi connectivity index (χ3n) is 10.7. The van der Waals surface area contributed by atoms with Crippen molar-refractivity contribution in [2.45, 2.75) is 74.8 Å². The molecule has 0 bridgehead atoms. The van der Waals surface area contributed by atoms with Crippen LogP contribution in [-0.4, -0.2) is 58.2 Å². The first kappa shape index (κ1) is 29.5. The van der Waals surface area contributed by atoms with Gasteiger partial charge in [0, 0.05) is 30.1 Å². The largest absolute Gasteiger partial charge is 0.325 e. The fraction of sp³-hybridized carbons (Fsp3) is 0.429. The van der Waals surface area contributed by atoms with Gasteiger partial charge in [-0.2, -0.15) is 0 Å². The maximum Gasteiger partial charge on any atom is 0.244 e. The van der Waals surface area contributed by atoms with E-state index in [9.17, 15) is 23.2 Å². The molecule has 234 valence electrons. The maximum absolute atomic E-state index is 14.5. The first-order chi connectivity index (χ1) is 21.5. The zero-order valence-corrected chi connectivity index (χ0v) is 25.6. The molecule has 0 unspecified atom stereocenters. The number of rotatable bonds is 4. The average Bonchev–Trinajstić information content (AvgIpc) is 3.38. The van der Waals surface area contributed by atoms with E-state index < -0.39 is 34.0 Å². The summed E-state index contributed by atoms with van der Waals surface area (Å²) < 4.78 is 29.0. The topological polar surface area (TPSA) is 94.6 Å². The molecule has 2 aliphatic carbocycles. The molecular formula is C35H37F2N5O3. The van der Waals surface area contributed by atoms with Crippen LogP contribution in [0, 0.1) is 11.6 Å². The number of likely N-dealkylation sites (N-methyl/N-ethyl adjacent to an activating group) is 1. The van der Waals surface area contributed by atoms with Gasteiger partial charge in [-0.3, -0.25) is 19.3 Å². The van der Waals surface area contributed by atoms with Gasteiger partial charge in [0.05, 0.1) is 11.0 Å². The lowest BCUT2D eigenvalue weighted by Crippen LogP contribution is -2.71. The fourth-order valence-electron chi connectivity index (χ4n) is 8.29. The van der Waals surface area contributed by atoms with Crippen LogP contribution in [0.2, 0.25) is 0 Å². The van der Waals surface area contributed by atoms with Gasteiger partial charge in [-0.15, -0.1) is 0 Å². The number of amides is 3. The molecule has 3 heterocycles. The van der Waals surface area contributed by atoms with Crippen molar-refractivity contribution in [1.82, 2.24) is 14.8 Å². The lowest BCUT2D eigenvalue weighted by atomic mass is 9.77. The zero-order chi connectivity index (χ0) is 31.6. The molecule has 3 aromatic rings. The molecule has 3 amide bonds. The molecule has 2 spiro atoms. The number of piperazine rings is 1. The summed E-state index contributed by atoms with van der Waals surface area (Å²) in [7, 11) is 1.91. The van der Waals surface area contributed by atoms with Crippen LogP contribution in [0.5, 0.6) is 0 Å². The van der Waals surface area contributed by atoms with Crippen LogP contribution < -0.4 is 10.6 Å². The van der Waals surface area contributed by atoms with Crippen molar-refractivity contribution >= 4 is 29.2 Å². The normalized spacial score (nSPS) is 25.6. The second-order valence-electron chi connectivity index (χ2n) is 13.4. The van der Waals surface area contributed by atoms with E-state index in [1.807, 2.05) is 42.3 Å². The van der Waals surface area contributed by atoms with Crippen molar-refractivity contribution < 1.29 is 23.2 Å². The van der Waals surface area contributed by atoms with Crippen LogP contribution in [0.15, 0.2) is 54.7 Å². The number of fused-ring (bicyclic) bond motifs is 3. The summed E-state index contributed by atoms with van der Waals surface area (Å²) >= 11 is 0. The predicted octanol–water partition coefficient (Wildman–Crippen LogP) is 5.07. The Bertz CT molecular complexity index is 1700. The molecule has 2 aliphatic heterocycles. The van der Waals surface area contributed by atoms with Crippen molar-refractivity contribution in [3.05, 3.63) is 88.6 Å². The van der Waals surface area contributed by atoms with Gasteiger partial charge >= 0.3 is 0 Å². The first-order valence-electron chi connectivity index (χ1n) is 15.7. The number of anilines is 2. The molecule has 8 nitrogen and oxygen atoms in total. The highest BCUT2D eigenvalue weighted by molar-refractivity contribution is 6.06. The van der Waals surface area contributed by atoms with Crippen molar-refractivity contribution in [3.8, 4) is 0 Å². The molecule has 1 saturated heterocycles. The summed E-state index contributed by atoms with van der Waals surface area (Å²) in [5, 5.41) is 5.88. The molecule has 2 N–H and O–H groups in total. The van der Waals surface area contributed by atoms with Crippen molar-refractivity contribution in [3.63, 3.8) is 0 Å². The number of carbonyl (C=O) groups excluding carboxylic acids is 3. The minimum absolute atomic E-state index is 0.0768. The Morgan fingerprint density at radius 2 is 1.69 bits per heavy atom. The van der Waals surface area contributed by atoms with Gasteiger partial charge in [-0.1, -0.05) is 37.8 Å². The lowest BCUT2D eigenvalue weighted by Gasteiger charge is -2.56. The Kier molecular flexibility index (Phi) is 7.03. The van der Waals surface area contributed by atoms with Crippen LogP contribution in [0.4, 0.5) is 20.3 Å². The van der Waals surface area contributed by atoms with E-state index in [4.69, 9.17) is 0 Å². The summed E-state index contributed by atoms with van der Waals surface area (Å²) in [5.74, 6) is -1.53.